The van der Waals surface area contributed by atoms with Gasteiger partial charge in [-0.15, -0.1) is 0 Å². The van der Waals surface area contributed by atoms with Gasteiger partial charge < -0.3 is 33.3 Å². The average Bonchev–Trinajstić information content (AvgIpc) is 1.16. The number of hydrogen-bond acceptors (Lipinski definition) is 8. The number of allylic oxidation sites excluding steroid dienone is 30. The molecule has 0 aliphatic carbocycles. The summed E-state index contributed by atoms with van der Waals surface area (Å²) in [5, 5.41) is 11.9. The van der Waals surface area contributed by atoms with Gasteiger partial charge in [0.1, 0.15) is 13.2 Å². The summed E-state index contributed by atoms with van der Waals surface area (Å²) >= 11 is 0. The highest BCUT2D eigenvalue weighted by Gasteiger charge is 2.22. The number of rotatable bonds is 76. The summed E-state index contributed by atoms with van der Waals surface area (Å²) in [6.07, 6.45) is 122. The third-order valence-electron chi connectivity index (χ3n) is 17.6. The van der Waals surface area contributed by atoms with Crippen molar-refractivity contribution in [2.24, 2.45) is 0 Å². The SMILES string of the molecule is CC/C=C\C/C=C\C/C=C\C/C=C\C/C=C\C/C=C\C/C=C\C/C=C\CCCCCCCCCCCCCCC(=O)OC(COC(=O)CCCCCCCCCCCCCCCCCCCCC/C=C\C/C=C\C/C=C\C/C=C\C/C=C\C/C=C\C/C=C\CC)COC(OCC[N+](C)(C)C)C(=O)[O-]. The number of carbonyl (C=O) groups excluding carboxylic acids is 3. The largest absolute Gasteiger partial charge is 0.545 e. The van der Waals surface area contributed by atoms with Crippen LogP contribution in [0.25, 0.3) is 0 Å². The van der Waals surface area contributed by atoms with Crippen LogP contribution in [0, 0.1) is 0 Å². The lowest BCUT2D eigenvalue weighted by Gasteiger charge is -2.26. The summed E-state index contributed by atoms with van der Waals surface area (Å²) < 4.78 is 22.9. The van der Waals surface area contributed by atoms with Crippen LogP contribution in [0.2, 0.25) is 0 Å². The van der Waals surface area contributed by atoms with Crippen molar-refractivity contribution in [1.82, 2.24) is 0 Å². The van der Waals surface area contributed by atoms with Crippen LogP contribution in [0.5, 0.6) is 0 Å². The van der Waals surface area contributed by atoms with E-state index < -0.39 is 24.3 Å². The predicted molar refractivity (Wildman–Crippen MR) is 444 cm³/mol. The number of likely N-dealkylation sites (N-methyl/N-ethyl adjacent to an activating group) is 1. The highest BCUT2D eigenvalue weighted by atomic mass is 16.7. The van der Waals surface area contributed by atoms with Crippen LogP contribution in [0.1, 0.15) is 335 Å². The molecule has 0 N–H and O–H groups in total. The molecule has 0 heterocycles. The molecule has 0 aliphatic heterocycles. The Bertz CT molecular complexity index is 2360. The van der Waals surface area contributed by atoms with Gasteiger partial charge in [0.25, 0.3) is 0 Å². The first-order valence-electron chi connectivity index (χ1n) is 41.9. The molecule has 0 aromatic heterocycles. The first-order valence-corrected chi connectivity index (χ1v) is 41.9. The first-order chi connectivity index (χ1) is 50.6. The van der Waals surface area contributed by atoms with Gasteiger partial charge in [-0.25, -0.2) is 0 Å². The summed E-state index contributed by atoms with van der Waals surface area (Å²) in [6, 6.07) is 0. The van der Waals surface area contributed by atoms with E-state index in [1.807, 2.05) is 21.1 Å². The van der Waals surface area contributed by atoms with Gasteiger partial charge in [-0.2, -0.15) is 0 Å². The summed E-state index contributed by atoms with van der Waals surface area (Å²) in [5.41, 5.74) is 0. The molecule has 0 spiro atoms. The molecule has 2 atom stereocenters. The van der Waals surface area contributed by atoms with Crippen LogP contribution in [0.3, 0.4) is 0 Å². The van der Waals surface area contributed by atoms with Crippen molar-refractivity contribution in [3.8, 4) is 0 Å². The second-order valence-electron chi connectivity index (χ2n) is 28.7. The molecule has 9 nitrogen and oxygen atoms in total. The smallest absolute Gasteiger partial charge is 0.306 e. The molecule has 584 valence electrons. The second-order valence-corrected chi connectivity index (χ2v) is 28.7. The molecule has 2 unspecified atom stereocenters. The zero-order chi connectivity index (χ0) is 74.6. The number of quaternary nitrogens is 1. The molecule has 0 saturated carbocycles. The Kier molecular flexibility index (Phi) is 77.6. The molecular weight excluding hydrogens is 1270 g/mol. The lowest BCUT2D eigenvalue weighted by Crippen LogP contribution is -2.44. The van der Waals surface area contributed by atoms with E-state index in [1.165, 1.54) is 167 Å². The fourth-order valence-electron chi connectivity index (χ4n) is 11.4. The fourth-order valence-corrected chi connectivity index (χ4v) is 11.4. The Morgan fingerprint density at radius 3 is 0.777 bits per heavy atom. The van der Waals surface area contributed by atoms with E-state index >= 15 is 0 Å². The van der Waals surface area contributed by atoms with E-state index in [9.17, 15) is 19.5 Å². The average molecular weight is 1430 g/mol. The lowest BCUT2D eigenvalue weighted by atomic mass is 10.0. The Hall–Kier alpha value is -5.61. The number of carboxylic acids is 1. The van der Waals surface area contributed by atoms with Crippen LogP contribution in [0.15, 0.2) is 182 Å². The number of ether oxygens (including phenoxy) is 4. The highest BCUT2D eigenvalue weighted by molar-refractivity contribution is 5.70. The number of aliphatic carboxylic acids is 1. The van der Waals surface area contributed by atoms with Gasteiger partial charge in [-0.1, -0.05) is 369 Å². The third kappa shape index (κ3) is 83.5. The number of hydrogen-bond donors (Lipinski definition) is 0. The molecule has 0 amide bonds. The van der Waals surface area contributed by atoms with Gasteiger partial charge in [0.2, 0.25) is 0 Å². The van der Waals surface area contributed by atoms with E-state index in [1.54, 1.807) is 0 Å². The van der Waals surface area contributed by atoms with Crippen LogP contribution >= 0.6 is 0 Å². The minimum absolute atomic E-state index is 0.141. The van der Waals surface area contributed by atoms with Crippen LogP contribution in [-0.2, 0) is 33.3 Å². The van der Waals surface area contributed by atoms with Crippen molar-refractivity contribution in [2.45, 2.75) is 347 Å². The summed E-state index contributed by atoms with van der Waals surface area (Å²) in [5.74, 6) is -2.28. The van der Waals surface area contributed by atoms with E-state index in [4.69, 9.17) is 18.9 Å². The van der Waals surface area contributed by atoms with Crippen LogP contribution in [0.4, 0.5) is 0 Å². The molecular formula is C94H155NO8. The summed E-state index contributed by atoms with van der Waals surface area (Å²) in [4.78, 5) is 37.7. The number of nitrogens with zero attached hydrogens (tertiary/aromatic N) is 1. The van der Waals surface area contributed by atoms with Gasteiger partial charge in [0.15, 0.2) is 12.4 Å². The minimum atomic E-state index is -1.63. The van der Waals surface area contributed by atoms with E-state index in [2.05, 4.69) is 196 Å². The van der Waals surface area contributed by atoms with Gasteiger partial charge in [0, 0.05) is 12.8 Å². The van der Waals surface area contributed by atoms with Crippen molar-refractivity contribution < 1.29 is 42.9 Å². The first kappa shape index (κ1) is 97.4. The molecule has 0 saturated heterocycles. The second kappa shape index (κ2) is 82.1. The van der Waals surface area contributed by atoms with Crippen LogP contribution < -0.4 is 5.11 Å². The van der Waals surface area contributed by atoms with Crippen molar-refractivity contribution >= 4 is 17.9 Å². The monoisotopic (exact) mass is 1430 g/mol. The maximum Gasteiger partial charge on any atom is 0.306 e. The Balaban J connectivity index is 4.04. The normalized spacial score (nSPS) is 13.6. The molecule has 0 radical (unpaired) electrons. The zero-order valence-electron chi connectivity index (χ0n) is 66.9. The van der Waals surface area contributed by atoms with Crippen LogP contribution in [-0.4, -0.2) is 82.3 Å². The maximum atomic E-state index is 13.0. The van der Waals surface area contributed by atoms with E-state index in [0.29, 0.717) is 17.4 Å². The molecule has 0 rings (SSSR count). The highest BCUT2D eigenvalue weighted by Crippen LogP contribution is 2.18. The topological polar surface area (TPSA) is 111 Å². The van der Waals surface area contributed by atoms with Crippen molar-refractivity contribution in [1.29, 1.82) is 0 Å². The lowest BCUT2D eigenvalue weighted by molar-refractivity contribution is -0.870. The van der Waals surface area contributed by atoms with E-state index in [0.717, 1.165) is 135 Å². The predicted octanol–water partition coefficient (Wildman–Crippen LogP) is 26.1. The van der Waals surface area contributed by atoms with Gasteiger partial charge in [0.05, 0.1) is 40.3 Å². The Labute approximate surface area is 634 Å². The van der Waals surface area contributed by atoms with Gasteiger partial charge >= 0.3 is 11.9 Å². The Morgan fingerprint density at radius 2 is 0.524 bits per heavy atom. The number of unbranched alkanes of at least 4 members (excludes halogenated alkanes) is 31. The van der Waals surface area contributed by atoms with Crippen molar-refractivity contribution in [3.05, 3.63) is 182 Å². The van der Waals surface area contributed by atoms with Gasteiger partial charge in [-0.05, 0) is 135 Å². The van der Waals surface area contributed by atoms with Crippen molar-refractivity contribution in [2.75, 3.05) is 47.5 Å². The Morgan fingerprint density at radius 1 is 0.291 bits per heavy atom. The molecule has 0 aromatic carbocycles. The standard InChI is InChI=1S/C94H155NO8/c1-6-8-10-12-14-16-18-20-22-24-26-28-30-32-34-36-38-40-42-44-45-46-47-49-50-52-54-56-58-60-62-64-66-68-70-72-74-76-78-80-82-84-91(96)101-88-90(89-102-94(93(98)99)100-87-86-95(3,4)5)103-92(97)85-83-81-79-77-75-73-71-69-67-65-63-61-59-57-55-53-51-48-43-41-39-37-35-33-31-29-27-25-23-21-19-17-15-13-11-9-7-2/h8-11,14-17,20-23,26-29,32-35,38-41,44-45,48,51,55,57,90,94H,6-7,12-13,18-19,24-25,30-31,36-37,42-43,46-47,49-50,52-54,56,58-89H2,1-5H3/b10-8-,11-9-,16-14-,17-15-,22-20-,23-21-,28-26-,29-27-,34-32-,35-33-,40-38-,41-39-,45-44-,51-48-,57-55-. The van der Waals surface area contributed by atoms with Crippen molar-refractivity contribution in [3.63, 3.8) is 0 Å². The minimum Gasteiger partial charge on any atom is -0.545 e. The zero-order valence-corrected chi connectivity index (χ0v) is 66.9. The molecule has 0 fully saturated rings. The molecule has 103 heavy (non-hydrogen) atoms. The third-order valence-corrected chi connectivity index (χ3v) is 17.6. The maximum absolute atomic E-state index is 13.0. The quantitative estimate of drug-likeness (QED) is 0.0195. The summed E-state index contributed by atoms with van der Waals surface area (Å²) in [6.45, 7) is 4.53. The number of esters is 2. The van der Waals surface area contributed by atoms with E-state index in [-0.39, 0.29) is 38.6 Å². The molecule has 0 aromatic rings. The molecule has 0 aliphatic rings. The molecule has 9 heteroatoms. The number of carbonyl (C=O) groups is 3. The number of carboxylic acid groups (broad SMARTS) is 1. The van der Waals surface area contributed by atoms with Gasteiger partial charge in [-0.3, -0.25) is 9.59 Å². The summed E-state index contributed by atoms with van der Waals surface area (Å²) in [7, 11) is 5.94. The fraction of sp³-hybridized carbons (Fsp3) is 0.649. The molecule has 0 bridgehead atoms.